The molecule has 0 radical (unpaired) electrons. The molecule has 0 bridgehead atoms. The molecule has 18 N–H and O–H groups in total. The van der Waals surface area contributed by atoms with E-state index in [0.717, 1.165) is 6.07 Å². The van der Waals surface area contributed by atoms with Crippen LogP contribution in [0.15, 0.2) is 273 Å². The largest absolute Gasteiger partial charge is 0.872 e. The molecule has 0 aliphatic heterocycles. The van der Waals surface area contributed by atoms with E-state index in [4.69, 9.17) is 46.0 Å². The van der Waals surface area contributed by atoms with E-state index in [-0.39, 0.29) is 135 Å². The van der Waals surface area contributed by atoms with Gasteiger partial charge in [-0.15, -0.1) is 17.2 Å². The maximum atomic E-state index is 11.6. The summed E-state index contributed by atoms with van der Waals surface area (Å²) in [5.74, 6) is -16.4. The lowest BCUT2D eigenvalue weighted by molar-refractivity contribution is -0.269. The van der Waals surface area contributed by atoms with Crippen LogP contribution in [0.4, 0.5) is 0 Å². The highest BCUT2D eigenvalue weighted by Gasteiger charge is 2.17. The lowest BCUT2D eigenvalue weighted by Gasteiger charge is -2.14. The Morgan fingerprint density at radius 3 is 1.04 bits per heavy atom. The number of carboxylic acids is 9. The van der Waals surface area contributed by atoms with Gasteiger partial charge in [0.2, 0.25) is 0 Å². The first-order valence-electron chi connectivity index (χ1n) is 38.3. The molecule has 0 aliphatic rings. The Bertz CT molecular complexity index is 7650. The number of hydrogen-bond acceptors (Lipinski definition) is 27. The second-order valence-corrected chi connectivity index (χ2v) is 28.4. The van der Waals surface area contributed by atoms with Gasteiger partial charge in [0.1, 0.15) is 62.9 Å². The molecule has 0 unspecified atom stereocenters. The molecule has 0 atom stereocenters. The molecule has 0 fully saturated rings. The summed E-state index contributed by atoms with van der Waals surface area (Å²) in [7, 11) is 0. The number of phenolic OH excluding ortho intramolecular Hbond substituents is 7. The minimum absolute atomic E-state index is 0.0264. The summed E-state index contributed by atoms with van der Waals surface area (Å²) < 4.78 is 0. The van der Waals surface area contributed by atoms with E-state index in [1.165, 1.54) is 200 Å². The molecule has 0 saturated carbocycles. The first kappa shape index (κ1) is 97.1. The Labute approximate surface area is 754 Å². The summed E-state index contributed by atoms with van der Waals surface area (Å²) in [6.07, 6.45) is 0. The maximum Gasteiger partial charge on any atom is 0.339 e. The number of hydrogen-bond donors (Lipinski definition) is 18. The number of carboxylic acid groups (broad SMARTS) is 9. The number of aromatic hydroxyl groups is 9. The number of fused-ring (bicyclic) bond motifs is 9. The molecular formula is C99H63O36-9. The van der Waals surface area contributed by atoms with E-state index in [1.54, 1.807) is 66.7 Å². The third-order valence-electron chi connectivity index (χ3n) is 19.7. The van der Waals surface area contributed by atoms with E-state index in [2.05, 4.69) is 0 Å². The fourth-order valence-corrected chi connectivity index (χ4v) is 13.1. The van der Waals surface area contributed by atoms with Crippen molar-refractivity contribution in [2.24, 2.45) is 0 Å². The van der Waals surface area contributed by atoms with Crippen LogP contribution in [-0.4, -0.2) is 146 Å². The van der Waals surface area contributed by atoms with Crippen LogP contribution >= 0.6 is 0 Å². The molecule has 0 aliphatic carbocycles. The molecule has 0 amide bonds. The predicted molar refractivity (Wildman–Crippen MR) is 468 cm³/mol. The van der Waals surface area contributed by atoms with Crippen LogP contribution in [0.1, 0.15) is 93.2 Å². The Balaban J connectivity index is 0.000000157. The van der Waals surface area contributed by atoms with Gasteiger partial charge >= 0.3 is 53.7 Å². The third-order valence-corrected chi connectivity index (χ3v) is 19.7. The first-order chi connectivity index (χ1) is 63.8. The molecular weight excluding hydrogens is 1770 g/mol. The lowest BCUT2D eigenvalue weighted by Crippen LogP contribution is -2.04. The van der Waals surface area contributed by atoms with Gasteiger partial charge in [0.05, 0.1) is 38.9 Å². The minimum atomic E-state index is -1.29. The summed E-state index contributed by atoms with van der Waals surface area (Å²) in [6.45, 7) is 0. The van der Waals surface area contributed by atoms with Crippen LogP contribution in [0, 0.1) is 0 Å². The Hall–Kier alpha value is -20.1. The summed E-state index contributed by atoms with van der Waals surface area (Å²) in [4.78, 5) is 96.2. The van der Waals surface area contributed by atoms with Gasteiger partial charge in [-0.05, 0) is 220 Å². The highest BCUT2D eigenvalue weighted by atomic mass is 16.4. The maximum absolute atomic E-state index is 11.6. The Kier molecular flexibility index (Phi) is 29.9. The number of rotatable bonds is 9. The monoisotopic (exact) mass is 1830 g/mol. The average Bonchev–Trinajstić information content (AvgIpc) is 0.801. The molecule has 18 aromatic carbocycles. The van der Waals surface area contributed by atoms with E-state index in [1.807, 2.05) is 0 Å². The summed E-state index contributed by atoms with van der Waals surface area (Å²) in [6, 6.07) is 63.1. The SMILES string of the molecule is O=C(O)c1cc(O)c2cccc([O-])c2c1.O=C(O)c1cc2c([O-])cccc2cc1O.O=C(O)c1cc2cc(O)ccc2cc1[O-].O=C(O)c1cc2ccc(O)cc2cc1[O-].O=C(O)c1cc2cccc([O-])c2cc1O.O=C(O)c1ccc2c(O)cccc2c1[O-].O=C(O)c1ccc2cc(O)ccc2c1[O-].O=C(O)c1ccc2ccc(O)cc2c1[O-].O=C(O)c1ccc2cccc(O)c2c1[O-]. The molecule has 0 heterocycles. The van der Waals surface area contributed by atoms with Crippen LogP contribution in [0.2, 0.25) is 0 Å². The number of benzene rings is 18. The summed E-state index contributed by atoms with van der Waals surface area (Å²) in [5, 5.41) is 273. The quantitative estimate of drug-likeness (QED) is 0.0638. The van der Waals surface area contributed by atoms with Crippen LogP contribution in [0.3, 0.4) is 0 Å². The fourth-order valence-electron chi connectivity index (χ4n) is 13.1. The van der Waals surface area contributed by atoms with Crippen molar-refractivity contribution < 1.29 is 181 Å². The Morgan fingerprint density at radius 2 is 0.504 bits per heavy atom. The van der Waals surface area contributed by atoms with Gasteiger partial charge in [-0.1, -0.05) is 168 Å². The van der Waals surface area contributed by atoms with Gasteiger partial charge in [-0.3, -0.25) is 0 Å². The molecule has 0 saturated heterocycles. The van der Waals surface area contributed by atoms with Gasteiger partial charge in [0, 0.05) is 16.2 Å². The second-order valence-electron chi connectivity index (χ2n) is 28.4. The van der Waals surface area contributed by atoms with Crippen molar-refractivity contribution in [3.63, 3.8) is 0 Å². The normalized spacial score (nSPS) is 10.4. The van der Waals surface area contributed by atoms with Crippen molar-refractivity contribution >= 4 is 151 Å². The molecule has 0 spiro atoms. The molecule has 18 aromatic rings. The van der Waals surface area contributed by atoms with E-state index in [9.17, 15) is 135 Å². The van der Waals surface area contributed by atoms with Crippen LogP contribution in [-0.2, 0) is 0 Å². The topological polar surface area (TPSA) is 725 Å². The van der Waals surface area contributed by atoms with Crippen LogP contribution < -0.4 is 46.0 Å². The smallest absolute Gasteiger partial charge is 0.339 e. The van der Waals surface area contributed by atoms with Gasteiger partial charge in [-0.2, -0.15) is 0 Å². The molecule has 0 aromatic heterocycles. The minimum Gasteiger partial charge on any atom is -0.872 e. The first-order valence-corrected chi connectivity index (χ1v) is 38.3. The average molecular weight is 1830 g/mol. The van der Waals surface area contributed by atoms with E-state index in [0.29, 0.717) is 75.4 Å². The molecule has 684 valence electrons. The lowest BCUT2D eigenvalue weighted by atomic mass is 10.0. The number of carbonyl (C=O) groups is 9. The van der Waals surface area contributed by atoms with E-state index < -0.39 is 94.0 Å². The fraction of sp³-hybridized carbons (Fsp3) is 0. The zero-order valence-electron chi connectivity index (χ0n) is 68.4. The van der Waals surface area contributed by atoms with Crippen molar-refractivity contribution in [3.05, 3.63) is 323 Å². The van der Waals surface area contributed by atoms with Crippen LogP contribution in [0.5, 0.6) is 103 Å². The molecule has 36 heteroatoms. The summed E-state index contributed by atoms with van der Waals surface area (Å²) >= 11 is 0. The molecule has 135 heavy (non-hydrogen) atoms. The summed E-state index contributed by atoms with van der Waals surface area (Å²) in [5.41, 5.74) is -2.25. The van der Waals surface area contributed by atoms with Crippen molar-refractivity contribution in [2.75, 3.05) is 0 Å². The van der Waals surface area contributed by atoms with Gasteiger partial charge < -0.3 is 138 Å². The molecule has 18 rings (SSSR count). The zero-order chi connectivity index (χ0) is 99.0. The van der Waals surface area contributed by atoms with Crippen molar-refractivity contribution in [3.8, 4) is 103 Å². The second kappa shape index (κ2) is 41.6. The highest BCUT2D eigenvalue weighted by molar-refractivity contribution is 6.08. The van der Waals surface area contributed by atoms with Crippen LogP contribution in [0.25, 0.3) is 97.0 Å². The van der Waals surface area contributed by atoms with Crippen molar-refractivity contribution in [2.45, 2.75) is 0 Å². The predicted octanol–water partition coefficient (Wildman–Crippen LogP) is 11.9. The number of aromatic carboxylic acids is 9. The highest BCUT2D eigenvalue weighted by Crippen LogP contribution is 2.39. The van der Waals surface area contributed by atoms with Gasteiger partial charge in [-0.25, -0.2) is 43.2 Å². The number of phenols is 9. The third kappa shape index (κ3) is 22.9. The van der Waals surface area contributed by atoms with Gasteiger partial charge in [0.15, 0.2) is 0 Å². The Morgan fingerprint density at radius 1 is 0.170 bits per heavy atom. The van der Waals surface area contributed by atoms with Crippen molar-refractivity contribution in [1.29, 1.82) is 0 Å². The molecule has 36 nitrogen and oxygen atoms in total. The standard InChI is InChI=1S/9C11H8O4/c12-7-2-4-8-6(5-7)1-3-9(10(8)13)11(14)15;12-7-3-1-6-2-4-8(11(14)15)10(13)9(6)5-7;12-8-2-1-6-5-10(13)9(11(14)15)4-7(6)3-8;12-8-2-1-6-4-9(11(14)15)10(13)5-7(6)3-8;12-9-3-1-2-7-8(9)4-6(11(14)15)5-10(7)13;12-9-3-1-2-6-4-10(13)8(11(14)15)5-7(6)9;12-9-3-1-2-6-4-8(11(14)15)10(13)5-7(6)9;12-9-3-1-2-7-6(9)4-5-8(10(7)13)11(14)15;12-8-3-1-2-6-4-5-7(11(14)15)10(13)9(6)8/h9*1-5,12-13H,(H,14,15)/p-9. The van der Waals surface area contributed by atoms with Gasteiger partial charge in [0.25, 0.3) is 0 Å². The van der Waals surface area contributed by atoms with Crippen molar-refractivity contribution in [1.82, 2.24) is 0 Å². The zero-order valence-corrected chi connectivity index (χ0v) is 68.4. The van der Waals surface area contributed by atoms with E-state index >= 15 is 0 Å².